The number of rotatable bonds is 8. The van der Waals surface area contributed by atoms with E-state index in [-0.39, 0.29) is 0 Å². The molecule has 0 amide bonds. The average Bonchev–Trinajstić information content (AvgIpc) is 3.24. The second-order valence-electron chi connectivity index (χ2n) is 5.34. The van der Waals surface area contributed by atoms with Crippen LogP contribution in [0.4, 0.5) is 0 Å². The Labute approximate surface area is 140 Å². The van der Waals surface area contributed by atoms with Gasteiger partial charge in [0.25, 0.3) is 0 Å². The predicted molar refractivity (Wildman–Crippen MR) is 91.4 cm³/mol. The number of hydrogen-bond donors (Lipinski definition) is 1. The molecular weight excluding hydrogens is 308 g/mol. The molecule has 0 aliphatic carbocycles. The number of ether oxygens (including phenoxy) is 1. The van der Waals surface area contributed by atoms with Gasteiger partial charge in [0.1, 0.15) is 17.4 Å². The number of aromatic nitrogens is 3. The van der Waals surface area contributed by atoms with Crippen LogP contribution < -0.4 is 10.1 Å². The molecule has 3 aromatic rings. The zero-order valence-corrected chi connectivity index (χ0v) is 13.9. The van der Waals surface area contributed by atoms with Gasteiger partial charge in [0.05, 0.1) is 12.2 Å². The first kappa shape index (κ1) is 15.7. The Morgan fingerprint density at radius 1 is 1.26 bits per heavy atom. The van der Waals surface area contributed by atoms with Crippen molar-refractivity contribution in [2.75, 3.05) is 0 Å². The molecule has 0 spiro atoms. The highest BCUT2D eigenvalue weighted by Crippen LogP contribution is 2.15. The molecule has 0 saturated carbocycles. The van der Waals surface area contributed by atoms with Gasteiger partial charge in [0.15, 0.2) is 0 Å². The third-order valence-corrected chi connectivity index (χ3v) is 4.23. The van der Waals surface area contributed by atoms with Crippen LogP contribution in [0.2, 0.25) is 0 Å². The minimum absolute atomic E-state index is 0.334. The zero-order chi connectivity index (χ0) is 15.9. The Morgan fingerprint density at radius 2 is 2.13 bits per heavy atom. The molecule has 120 valence electrons. The van der Waals surface area contributed by atoms with E-state index in [0.29, 0.717) is 12.6 Å². The molecule has 0 aliphatic heterocycles. The first-order chi connectivity index (χ1) is 11.3. The van der Waals surface area contributed by atoms with Crippen molar-refractivity contribution in [1.29, 1.82) is 0 Å². The molecule has 6 heteroatoms. The number of nitrogens with zero attached hydrogens (tertiary/aromatic N) is 3. The molecule has 0 unspecified atom stereocenters. The molecule has 2 aromatic heterocycles. The van der Waals surface area contributed by atoms with Crippen LogP contribution in [0.5, 0.6) is 5.75 Å². The van der Waals surface area contributed by atoms with Crippen LogP contribution >= 0.6 is 11.3 Å². The topological polar surface area (TPSA) is 52.0 Å². The van der Waals surface area contributed by atoms with Gasteiger partial charge in [0, 0.05) is 30.4 Å². The molecule has 1 N–H and O–H groups in total. The van der Waals surface area contributed by atoms with Gasteiger partial charge in [-0.3, -0.25) is 4.68 Å². The van der Waals surface area contributed by atoms with Crippen molar-refractivity contribution >= 4 is 11.3 Å². The Balaban J connectivity index is 1.43. The molecule has 0 bridgehead atoms. The molecule has 0 radical (unpaired) electrons. The van der Waals surface area contributed by atoms with Gasteiger partial charge in [0.2, 0.25) is 0 Å². The predicted octanol–water partition coefficient (Wildman–Crippen LogP) is 3.10. The fourth-order valence-electron chi connectivity index (χ4n) is 2.19. The lowest BCUT2D eigenvalue weighted by atomic mass is 10.3. The number of para-hydroxylation sites is 1. The molecule has 3 rings (SSSR count). The highest BCUT2D eigenvalue weighted by Gasteiger charge is 2.06. The lowest BCUT2D eigenvalue weighted by molar-refractivity contribution is 0.305. The second-order valence-corrected chi connectivity index (χ2v) is 6.29. The van der Waals surface area contributed by atoms with Gasteiger partial charge in [-0.2, -0.15) is 5.10 Å². The van der Waals surface area contributed by atoms with Crippen LogP contribution in [0, 0.1) is 0 Å². The van der Waals surface area contributed by atoms with Crippen molar-refractivity contribution in [3.8, 4) is 5.75 Å². The molecule has 23 heavy (non-hydrogen) atoms. The Morgan fingerprint density at radius 3 is 2.91 bits per heavy atom. The van der Waals surface area contributed by atoms with E-state index in [9.17, 15) is 0 Å². The maximum Gasteiger partial charge on any atom is 0.140 e. The van der Waals surface area contributed by atoms with E-state index in [1.807, 2.05) is 47.3 Å². The standard InChI is InChI=1S/C17H20N4OS/c1-14(11-21-9-5-8-19-21)18-10-15-13-23-17(20-15)12-22-16-6-3-2-4-7-16/h2-9,13-14,18H,10-12H2,1H3/t14-/m0/s1. The highest BCUT2D eigenvalue weighted by molar-refractivity contribution is 7.09. The van der Waals surface area contributed by atoms with Gasteiger partial charge in [-0.15, -0.1) is 11.3 Å². The van der Waals surface area contributed by atoms with E-state index in [2.05, 4.69) is 27.7 Å². The summed E-state index contributed by atoms with van der Waals surface area (Å²) >= 11 is 1.63. The summed E-state index contributed by atoms with van der Waals surface area (Å²) in [5, 5.41) is 10.8. The fourth-order valence-corrected chi connectivity index (χ4v) is 2.90. The van der Waals surface area contributed by atoms with Gasteiger partial charge in [-0.25, -0.2) is 4.98 Å². The Hall–Kier alpha value is -2.18. The van der Waals surface area contributed by atoms with E-state index in [1.165, 1.54) is 0 Å². The van der Waals surface area contributed by atoms with Crippen LogP contribution in [-0.2, 0) is 19.7 Å². The summed E-state index contributed by atoms with van der Waals surface area (Å²) in [4.78, 5) is 4.60. The maximum absolute atomic E-state index is 5.72. The summed E-state index contributed by atoms with van der Waals surface area (Å²) in [6.45, 7) is 4.26. The summed E-state index contributed by atoms with van der Waals surface area (Å²) in [6.07, 6.45) is 3.77. The lowest BCUT2D eigenvalue weighted by Crippen LogP contribution is -2.30. The van der Waals surface area contributed by atoms with Crippen molar-refractivity contribution in [1.82, 2.24) is 20.1 Å². The third kappa shape index (κ3) is 4.91. The van der Waals surface area contributed by atoms with Gasteiger partial charge >= 0.3 is 0 Å². The normalized spacial score (nSPS) is 12.2. The minimum atomic E-state index is 0.334. The van der Waals surface area contributed by atoms with Crippen molar-refractivity contribution in [3.63, 3.8) is 0 Å². The van der Waals surface area contributed by atoms with Crippen LogP contribution in [0.1, 0.15) is 17.6 Å². The molecule has 1 atom stereocenters. The van der Waals surface area contributed by atoms with Crippen molar-refractivity contribution in [2.24, 2.45) is 0 Å². The molecule has 0 saturated heterocycles. The van der Waals surface area contributed by atoms with Crippen molar-refractivity contribution in [3.05, 3.63) is 64.9 Å². The van der Waals surface area contributed by atoms with Gasteiger partial charge in [-0.1, -0.05) is 18.2 Å². The molecular formula is C17H20N4OS. The summed E-state index contributed by atoms with van der Waals surface area (Å²) in [5.41, 5.74) is 1.05. The zero-order valence-electron chi connectivity index (χ0n) is 13.1. The highest BCUT2D eigenvalue weighted by atomic mass is 32.1. The van der Waals surface area contributed by atoms with Crippen LogP contribution in [0.3, 0.4) is 0 Å². The monoisotopic (exact) mass is 328 g/mol. The van der Waals surface area contributed by atoms with Gasteiger partial charge in [-0.05, 0) is 25.1 Å². The number of benzene rings is 1. The second kappa shape index (κ2) is 7.89. The third-order valence-electron chi connectivity index (χ3n) is 3.36. The average molecular weight is 328 g/mol. The summed E-state index contributed by atoms with van der Waals surface area (Å²) in [7, 11) is 0. The fraction of sp³-hybridized carbons (Fsp3) is 0.294. The SMILES string of the molecule is C[C@@H](Cn1cccn1)NCc1csc(COc2ccccc2)n1. The number of hydrogen-bond acceptors (Lipinski definition) is 5. The number of thiazole rings is 1. The van der Waals surface area contributed by atoms with Crippen LogP contribution in [0.15, 0.2) is 54.2 Å². The van der Waals surface area contributed by atoms with E-state index in [0.717, 1.165) is 29.5 Å². The maximum atomic E-state index is 5.72. The summed E-state index contributed by atoms with van der Waals surface area (Å²) in [6, 6.07) is 12.1. The summed E-state index contributed by atoms with van der Waals surface area (Å²) in [5.74, 6) is 0.871. The first-order valence-corrected chi connectivity index (χ1v) is 8.49. The Kier molecular flexibility index (Phi) is 5.39. The van der Waals surface area contributed by atoms with Crippen molar-refractivity contribution < 1.29 is 4.74 Å². The van der Waals surface area contributed by atoms with E-state index >= 15 is 0 Å². The quantitative estimate of drug-likeness (QED) is 0.690. The Bertz CT molecular complexity index is 696. The smallest absolute Gasteiger partial charge is 0.140 e. The minimum Gasteiger partial charge on any atom is -0.486 e. The number of nitrogens with one attached hydrogen (secondary N) is 1. The first-order valence-electron chi connectivity index (χ1n) is 7.61. The van der Waals surface area contributed by atoms with E-state index in [1.54, 1.807) is 17.5 Å². The van der Waals surface area contributed by atoms with E-state index in [4.69, 9.17) is 4.74 Å². The van der Waals surface area contributed by atoms with Crippen LogP contribution in [-0.4, -0.2) is 20.8 Å². The molecule has 2 heterocycles. The summed E-state index contributed by atoms with van der Waals surface area (Å²) < 4.78 is 7.65. The lowest BCUT2D eigenvalue weighted by Gasteiger charge is -2.12. The van der Waals surface area contributed by atoms with Crippen LogP contribution in [0.25, 0.3) is 0 Å². The largest absolute Gasteiger partial charge is 0.486 e. The van der Waals surface area contributed by atoms with Gasteiger partial charge < -0.3 is 10.1 Å². The van der Waals surface area contributed by atoms with Crippen molar-refractivity contribution in [2.45, 2.75) is 32.7 Å². The molecule has 0 fully saturated rings. The molecule has 1 aromatic carbocycles. The molecule has 0 aliphatic rings. The van der Waals surface area contributed by atoms with E-state index < -0.39 is 0 Å². The molecule has 5 nitrogen and oxygen atoms in total.